The zero-order valence-electron chi connectivity index (χ0n) is 12.1. The van der Waals surface area contributed by atoms with Crippen molar-refractivity contribution in [2.75, 3.05) is 33.4 Å². The quantitative estimate of drug-likeness (QED) is 0.508. The Labute approximate surface area is 119 Å². The zero-order chi connectivity index (χ0) is 14.4. The van der Waals surface area contributed by atoms with Gasteiger partial charge in [0.15, 0.2) is 0 Å². The van der Waals surface area contributed by atoms with Gasteiger partial charge in [0, 0.05) is 18.7 Å². The summed E-state index contributed by atoms with van der Waals surface area (Å²) in [5, 5.41) is 12.4. The van der Waals surface area contributed by atoms with Gasteiger partial charge in [-0.05, 0) is 25.6 Å². The van der Waals surface area contributed by atoms with E-state index in [1.807, 2.05) is 31.2 Å². The van der Waals surface area contributed by atoms with Crippen molar-refractivity contribution in [3.63, 3.8) is 0 Å². The summed E-state index contributed by atoms with van der Waals surface area (Å²) in [4.78, 5) is 2.23. The third-order valence-corrected chi connectivity index (χ3v) is 3.42. The Morgan fingerprint density at radius 2 is 2.30 bits per heavy atom. The number of hydrogen-bond acceptors (Lipinski definition) is 5. The summed E-state index contributed by atoms with van der Waals surface area (Å²) in [7, 11) is 2.08. The number of benzene rings is 1. The van der Waals surface area contributed by atoms with E-state index in [9.17, 15) is 0 Å². The molecule has 1 heterocycles. The standard InChI is InChI=1S/C15H22N2O3/c1-3-14(16-18)13-6-4-5-7-15(13)20-11-12-10-17(2)8-9-19-12/h4-7,12,18H,3,8-11H2,1-2H3. The Kier molecular flexibility index (Phi) is 5.38. The van der Waals surface area contributed by atoms with E-state index >= 15 is 0 Å². The van der Waals surface area contributed by atoms with Crippen LogP contribution in [-0.2, 0) is 4.74 Å². The molecule has 1 aromatic carbocycles. The molecule has 5 heteroatoms. The van der Waals surface area contributed by atoms with E-state index in [1.165, 1.54) is 0 Å². The Morgan fingerprint density at radius 3 is 3.00 bits per heavy atom. The minimum atomic E-state index is 0.0814. The Hall–Kier alpha value is -1.59. The number of rotatable bonds is 5. The van der Waals surface area contributed by atoms with Crippen molar-refractivity contribution in [2.24, 2.45) is 5.16 Å². The van der Waals surface area contributed by atoms with E-state index in [-0.39, 0.29) is 6.10 Å². The molecule has 2 rings (SSSR count). The van der Waals surface area contributed by atoms with Crippen LogP contribution in [-0.4, -0.2) is 55.3 Å². The normalized spacial score (nSPS) is 20.9. The number of morpholine rings is 1. The number of para-hydroxylation sites is 1. The van der Waals surface area contributed by atoms with Crippen molar-refractivity contribution in [3.05, 3.63) is 29.8 Å². The van der Waals surface area contributed by atoms with Crippen molar-refractivity contribution in [3.8, 4) is 5.75 Å². The van der Waals surface area contributed by atoms with E-state index < -0.39 is 0 Å². The minimum absolute atomic E-state index is 0.0814. The van der Waals surface area contributed by atoms with E-state index in [4.69, 9.17) is 14.7 Å². The summed E-state index contributed by atoms with van der Waals surface area (Å²) >= 11 is 0. The van der Waals surface area contributed by atoms with E-state index in [1.54, 1.807) is 0 Å². The van der Waals surface area contributed by atoms with Crippen LogP contribution in [0.15, 0.2) is 29.4 Å². The molecule has 5 nitrogen and oxygen atoms in total. The van der Waals surface area contributed by atoms with Gasteiger partial charge in [-0.1, -0.05) is 24.2 Å². The first-order valence-corrected chi connectivity index (χ1v) is 6.97. The van der Waals surface area contributed by atoms with Gasteiger partial charge in [-0.25, -0.2) is 0 Å². The molecule has 1 N–H and O–H groups in total. The molecular weight excluding hydrogens is 256 g/mol. The molecular formula is C15H22N2O3. The Morgan fingerprint density at radius 1 is 1.50 bits per heavy atom. The van der Waals surface area contributed by atoms with Crippen molar-refractivity contribution in [2.45, 2.75) is 19.4 Å². The molecule has 0 radical (unpaired) electrons. The van der Waals surface area contributed by atoms with Crippen molar-refractivity contribution in [1.82, 2.24) is 4.90 Å². The third kappa shape index (κ3) is 3.71. The molecule has 0 amide bonds. The van der Waals surface area contributed by atoms with Crippen LogP contribution in [0.3, 0.4) is 0 Å². The van der Waals surface area contributed by atoms with Crippen molar-refractivity contribution in [1.29, 1.82) is 0 Å². The van der Waals surface area contributed by atoms with Crippen LogP contribution in [0, 0.1) is 0 Å². The van der Waals surface area contributed by atoms with Crippen LogP contribution >= 0.6 is 0 Å². The largest absolute Gasteiger partial charge is 0.490 e. The average molecular weight is 278 g/mol. The van der Waals surface area contributed by atoms with Crippen LogP contribution in [0.2, 0.25) is 0 Å². The molecule has 0 saturated carbocycles. The summed E-state index contributed by atoms with van der Waals surface area (Å²) in [5.41, 5.74) is 1.46. The molecule has 1 fully saturated rings. The molecule has 1 saturated heterocycles. The smallest absolute Gasteiger partial charge is 0.128 e. The molecule has 0 bridgehead atoms. The highest BCUT2D eigenvalue weighted by molar-refractivity contribution is 6.02. The molecule has 0 spiro atoms. The second-order valence-corrected chi connectivity index (χ2v) is 4.96. The molecule has 1 atom stereocenters. The number of ether oxygens (including phenoxy) is 2. The summed E-state index contributed by atoms with van der Waals surface area (Å²) < 4.78 is 11.5. The molecule has 0 aromatic heterocycles. The first-order chi connectivity index (χ1) is 9.74. The van der Waals surface area contributed by atoms with Crippen molar-refractivity contribution < 1.29 is 14.7 Å². The molecule has 1 aliphatic heterocycles. The minimum Gasteiger partial charge on any atom is -0.490 e. The van der Waals surface area contributed by atoms with Gasteiger partial charge in [0.2, 0.25) is 0 Å². The number of hydrogen-bond donors (Lipinski definition) is 1. The van der Waals surface area contributed by atoms with E-state index in [2.05, 4.69) is 17.1 Å². The molecule has 1 aliphatic rings. The second kappa shape index (κ2) is 7.26. The summed E-state index contributed by atoms with van der Waals surface area (Å²) in [6, 6.07) is 7.62. The molecule has 1 aromatic rings. The molecule has 110 valence electrons. The highest BCUT2D eigenvalue weighted by Gasteiger charge is 2.19. The maximum atomic E-state index is 9.06. The maximum absolute atomic E-state index is 9.06. The lowest BCUT2D eigenvalue weighted by Gasteiger charge is -2.30. The lowest BCUT2D eigenvalue weighted by atomic mass is 10.1. The monoisotopic (exact) mass is 278 g/mol. The predicted octanol–water partition coefficient (Wildman–Crippen LogP) is 1.98. The molecule has 20 heavy (non-hydrogen) atoms. The lowest BCUT2D eigenvalue weighted by molar-refractivity contribution is -0.0403. The van der Waals surface area contributed by atoms with Crippen LogP contribution in [0.4, 0.5) is 0 Å². The fourth-order valence-corrected chi connectivity index (χ4v) is 2.30. The summed E-state index contributed by atoms with van der Waals surface area (Å²) in [6.07, 6.45) is 0.734. The summed E-state index contributed by atoms with van der Waals surface area (Å²) in [5.74, 6) is 0.735. The predicted molar refractivity (Wildman–Crippen MR) is 77.8 cm³/mol. The SMILES string of the molecule is CCC(=NO)c1ccccc1OCC1CN(C)CCO1. The Bertz CT molecular complexity index is 462. The molecule has 0 aliphatic carbocycles. The van der Waals surface area contributed by atoms with Gasteiger partial charge in [-0.15, -0.1) is 0 Å². The van der Waals surface area contributed by atoms with Gasteiger partial charge in [-0.3, -0.25) is 0 Å². The first kappa shape index (κ1) is 14.8. The van der Waals surface area contributed by atoms with E-state index in [0.717, 1.165) is 31.0 Å². The van der Waals surface area contributed by atoms with Gasteiger partial charge in [0.1, 0.15) is 18.5 Å². The second-order valence-electron chi connectivity index (χ2n) is 4.96. The first-order valence-electron chi connectivity index (χ1n) is 6.97. The van der Waals surface area contributed by atoms with Gasteiger partial charge >= 0.3 is 0 Å². The molecule has 1 unspecified atom stereocenters. The lowest BCUT2D eigenvalue weighted by Crippen LogP contribution is -2.42. The fourth-order valence-electron chi connectivity index (χ4n) is 2.30. The van der Waals surface area contributed by atoms with Crippen LogP contribution in [0.5, 0.6) is 5.75 Å². The van der Waals surface area contributed by atoms with Crippen LogP contribution in [0.25, 0.3) is 0 Å². The van der Waals surface area contributed by atoms with E-state index in [0.29, 0.717) is 18.7 Å². The third-order valence-electron chi connectivity index (χ3n) is 3.42. The number of oxime groups is 1. The van der Waals surface area contributed by atoms with Crippen molar-refractivity contribution >= 4 is 5.71 Å². The average Bonchev–Trinajstić information content (AvgIpc) is 2.48. The zero-order valence-corrected chi connectivity index (χ0v) is 12.1. The van der Waals surface area contributed by atoms with Crippen LogP contribution < -0.4 is 4.74 Å². The summed E-state index contributed by atoms with van der Waals surface area (Å²) in [6.45, 7) is 5.03. The van der Waals surface area contributed by atoms with Gasteiger partial charge in [0.25, 0.3) is 0 Å². The van der Waals surface area contributed by atoms with Gasteiger partial charge in [-0.2, -0.15) is 0 Å². The number of likely N-dealkylation sites (N-methyl/N-ethyl adjacent to an activating group) is 1. The Balaban J connectivity index is 2.02. The maximum Gasteiger partial charge on any atom is 0.128 e. The fraction of sp³-hybridized carbons (Fsp3) is 0.533. The highest BCUT2D eigenvalue weighted by Crippen LogP contribution is 2.21. The van der Waals surface area contributed by atoms with Gasteiger partial charge in [0.05, 0.1) is 12.3 Å². The van der Waals surface area contributed by atoms with Crippen LogP contribution in [0.1, 0.15) is 18.9 Å². The van der Waals surface area contributed by atoms with Gasteiger partial charge < -0.3 is 19.6 Å². The topological polar surface area (TPSA) is 54.3 Å². The highest BCUT2D eigenvalue weighted by atomic mass is 16.5. The number of nitrogens with zero attached hydrogens (tertiary/aromatic N) is 2.